The van der Waals surface area contributed by atoms with Gasteiger partial charge in [0.15, 0.2) is 0 Å². The molecule has 1 N–H and O–H groups in total. The van der Waals surface area contributed by atoms with Crippen LogP contribution in [0.2, 0.25) is 0 Å². The van der Waals surface area contributed by atoms with E-state index in [0.717, 1.165) is 38.3 Å². The largest absolute Gasteiger partial charge is 0.768 e. The minimum absolute atomic E-state index is 0.379. The molecule has 0 bridgehead atoms. The van der Waals surface area contributed by atoms with Crippen LogP contribution in [0, 0.1) is 0 Å². The van der Waals surface area contributed by atoms with Gasteiger partial charge in [-0.3, -0.25) is 9.11 Å². The lowest BCUT2D eigenvalue weighted by atomic mass is 10.0. The highest BCUT2D eigenvalue weighted by Crippen LogP contribution is 2.15. The molecule has 140 valence electrons. The Morgan fingerprint density at radius 2 is 1.85 bits per heavy atom. The normalized spacial score (nSPS) is 18.3. The molecule has 2 aliphatic heterocycles. The molecule has 4 rings (SSSR count). The van der Waals surface area contributed by atoms with Crippen LogP contribution in [0.3, 0.4) is 0 Å². The fourth-order valence-corrected chi connectivity index (χ4v) is 4.60. The zero-order valence-corrected chi connectivity index (χ0v) is 16.5. The maximum Gasteiger partial charge on any atom is 0.0251 e. The summed E-state index contributed by atoms with van der Waals surface area (Å²) in [5.74, 6) is 2.35. The topological polar surface area (TPSA) is 55.4 Å². The molecular formula is C20H25N2O2S2-. The van der Waals surface area contributed by atoms with Crippen molar-refractivity contribution in [1.82, 2.24) is 10.2 Å². The van der Waals surface area contributed by atoms with Gasteiger partial charge in [-0.2, -0.15) is 11.8 Å². The summed E-state index contributed by atoms with van der Waals surface area (Å²) in [6.07, 6.45) is 1.19. The summed E-state index contributed by atoms with van der Waals surface area (Å²) in [5.41, 5.74) is 4.06. The Kier molecular flexibility index (Phi) is 7.70. The van der Waals surface area contributed by atoms with E-state index in [1.165, 1.54) is 29.1 Å². The van der Waals surface area contributed by atoms with E-state index in [1.807, 2.05) is 17.8 Å². The van der Waals surface area contributed by atoms with E-state index >= 15 is 0 Å². The standard InChI is InChI=1S/C11H15NO2S2.C9H11N/c13-16(14)11-3-1-2-10(8-11)9-12-4-6-15-7-5-12;1-2-4-9-7-10-6-5-8(9)3-1/h1-3,8H,4-7,9H2,(H,13,14);1-4,10H,5-7H2/p-1. The van der Waals surface area contributed by atoms with Gasteiger partial charge in [0.05, 0.1) is 0 Å². The summed E-state index contributed by atoms with van der Waals surface area (Å²) in [6.45, 7) is 5.23. The monoisotopic (exact) mass is 389 g/mol. The second-order valence-electron chi connectivity index (χ2n) is 6.47. The summed E-state index contributed by atoms with van der Waals surface area (Å²) >= 11 is -0.141. The molecule has 0 aliphatic carbocycles. The van der Waals surface area contributed by atoms with Crippen molar-refractivity contribution in [2.75, 3.05) is 31.1 Å². The summed E-state index contributed by atoms with van der Waals surface area (Å²) in [5, 5.41) is 3.34. The molecule has 1 saturated heterocycles. The van der Waals surface area contributed by atoms with Crippen molar-refractivity contribution in [1.29, 1.82) is 0 Å². The van der Waals surface area contributed by atoms with Gasteiger partial charge in [0, 0.05) is 42.6 Å². The van der Waals surface area contributed by atoms with Crippen LogP contribution in [-0.4, -0.2) is 44.8 Å². The summed E-state index contributed by atoms with van der Waals surface area (Å²) in [6, 6.07) is 15.8. The van der Waals surface area contributed by atoms with E-state index in [0.29, 0.717) is 4.90 Å². The molecule has 26 heavy (non-hydrogen) atoms. The Bertz CT molecular complexity index is 708. The third-order valence-corrected chi connectivity index (χ3v) is 6.19. The molecule has 2 aliphatic rings. The Balaban J connectivity index is 0.000000167. The Morgan fingerprint density at radius 1 is 1.08 bits per heavy atom. The Labute approximate surface area is 162 Å². The van der Waals surface area contributed by atoms with Gasteiger partial charge in [-0.1, -0.05) is 36.4 Å². The predicted octanol–water partition coefficient (Wildman–Crippen LogP) is 2.81. The molecule has 0 saturated carbocycles. The molecule has 2 heterocycles. The fraction of sp³-hybridized carbons (Fsp3) is 0.400. The molecule has 0 spiro atoms. The second-order valence-corrected chi connectivity index (χ2v) is 8.63. The first-order chi connectivity index (χ1) is 12.7. The lowest BCUT2D eigenvalue weighted by molar-refractivity contribution is 0.294. The lowest BCUT2D eigenvalue weighted by Crippen LogP contribution is -2.31. The number of nitrogens with one attached hydrogen (secondary N) is 1. The van der Waals surface area contributed by atoms with Gasteiger partial charge >= 0.3 is 0 Å². The molecule has 1 fully saturated rings. The second kappa shape index (κ2) is 10.2. The van der Waals surface area contributed by atoms with Gasteiger partial charge in [0.2, 0.25) is 0 Å². The number of rotatable bonds is 3. The number of benzene rings is 2. The molecule has 2 aromatic carbocycles. The molecule has 1 unspecified atom stereocenters. The van der Waals surface area contributed by atoms with Gasteiger partial charge in [0.1, 0.15) is 0 Å². The van der Waals surface area contributed by atoms with E-state index < -0.39 is 11.1 Å². The quantitative estimate of drug-likeness (QED) is 0.818. The van der Waals surface area contributed by atoms with Crippen molar-refractivity contribution in [3.05, 3.63) is 65.2 Å². The zero-order chi connectivity index (χ0) is 18.2. The minimum Gasteiger partial charge on any atom is -0.768 e. The minimum atomic E-state index is -2.12. The van der Waals surface area contributed by atoms with E-state index in [-0.39, 0.29) is 0 Å². The van der Waals surface area contributed by atoms with Gasteiger partial charge in [-0.25, -0.2) is 0 Å². The first kappa shape index (κ1) is 19.6. The van der Waals surface area contributed by atoms with E-state index in [2.05, 4.69) is 34.5 Å². The van der Waals surface area contributed by atoms with E-state index in [9.17, 15) is 8.76 Å². The van der Waals surface area contributed by atoms with Gasteiger partial charge in [-0.05, 0) is 52.9 Å². The molecule has 0 aromatic heterocycles. The molecule has 2 aromatic rings. The first-order valence-electron chi connectivity index (χ1n) is 8.98. The van der Waals surface area contributed by atoms with Crippen LogP contribution in [0.25, 0.3) is 0 Å². The third-order valence-electron chi connectivity index (χ3n) is 4.61. The number of hydrogen-bond acceptors (Lipinski definition) is 5. The average Bonchev–Trinajstić information content (AvgIpc) is 2.69. The van der Waals surface area contributed by atoms with Crippen LogP contribution < -0.4 is 5.32 Å². The van der Waals surface area contributed by atoms with Crippen molar-refractivity contribution in [3.8, 4) is 0 Å². The van der Waals surface area contributed by atoms with Crippen LogP contribution in [0.5, 0.6) is 0 Å². The van der Waals surface area contributed by atoms with E-state index in [4.69, 9.17) is 0 Å². The van der Waals surface area contributed by atoms with Crippen molar-refractivity contribution in [2.24, 2.45) is 0 Å². The summed E-state index contributed by atoms with van der Waals surface area (Å²) < 4.78 is 21.7. The van der Waals surface area contributed by atoms with Crippen LogP contribution in [0.1, 0.15) is 16.7 Å². The number of nitrogens with zero attached hydrogens (tertiary/aromatic N) is 1. The highest BCUT2D eigenvalue weighted by molar-refractivity contribution is 7.99. The van der Waals surface area contributed by atoms with Crippen LogP contribution in [-0.2, 0) is 30.6 Å². The predicted molar refractivity (Wildman–Crippen MR) is 108 cm³/mol. The Morgan fingerprint density at radius 3 is 2.58 bits per heavy atom. The SMILES string of the molecule is O=S([O-])c1cccc(CN2CCSCC2)c1.c1ccc2c(c1)CCNC2. The molecule has 6 heteroatoms. The van der Waals surface area contributed by atoms with Gasteiger partial charge < -0.3 is 9.87 Å². The Hall–Kier alpha value is -1.18. The molecule has 0 radical (unpaired) electrons. The average molecular weight is 390 g/mol. The maximum absolute atomic E-state index is 10.8. The van der Waals surface area contributed by atoms with E-state index in [1.54, 1.807) is 18.2 Å². The van der Waals surface area contributed by atoms with Crippen LogP contribution in [0.4, 0.5) is 0 Å². The number of thioether (sulfide) groups is 1. The maximum atomic E-state index is 10.8. The van der Waals surface area contributed by atoms with Crippen molar-refractivity contribution in [2.45, 2.75) is 24.4 Å². The highest BCUT2D eigenvalue weighted by Gasteiger charge is 2.10. The lowest BCUT2D eigenvalue weighted by Gasteiger charge is -2.26. The van der Waals surface area contributed by atoms with Crippen molar-refractivity contribution in [3.63, 3.8) is 0 Å². The summed E-state index contributed by atoms with van der Waals surface area (Å²) in [4.78, 5) is 2.74. The van der Waals surface area contributed by atoms with Gasteiger partial charge in [-0.15, -0.1) is 0 Å². The fourth-order valence-electron chi connectivity index (χ4n) is 3.18. The van der Waals surface area contributed by atoms with Crippen molar-refractivity contribution < 1.29 is 8.76 Å². The molecule has 0 amide bonds. The van der Waals surface area contributed by atoms with Gasteiger partial charge in [0.25, 0.3) is 0 Å². The molecule has 4 nitrogen and oxygen atoms in total. The third kappa shape index (κ3) is 5.93. The number of fused-ring (bicyclic) bond motifs is 1. The highest BCUT2D eigenvalue weighted by atomic mass is 32.2. The zero-order valence-electron chi connectivity index (χ0n) is 14.9. The molecule has 1 atom stereocenters. The molecular weight excluding hydrogens is 364 g/mol. The number of hydrogen-bond donors (Lipinski definition) is 1. The first-order valence-corrected chi connectivity index (χ1v) is 11.2. The summed E-state index contributed by atoms with van der Waals surface area (Å²) in [7, 11) is 0. The smallest absolute Gasteiger partial charge is 0.0251 e. The van der Waals surface area contributed by atoms with Crippen LogP contribution in [0.15, 0.2) is 53.4 Å². The van der Waals surface area contributed by atoms with Crippen LogP contribution >= 0.6 is 11.8 Å². The van der Waals surface area contributed by atoms with Crippen molar-refractivity contribution >= 4 is 22.8 Å².